The lowest BCUT2D eigenvalue weighted by atomic mass is 9.84. The second kappa shape index (κ2) is 18.2. The molecule has 1 aromatic heterocycles. The quantitative estimate of drug-likeness (QED) is 0.146. The summed E-state index contributed by atoms with van der Waals surface area (Å²) in [6, 6.07) is 109. The van der Waals surface area contributed by atoms with Crippen molar-refractivity contribution in [3.8, 4) is 66.8 Å². The van der Waals surface area contributed by atoms with Gasteiger partial charge in [0, 0.05) is 20.2 Å². The van der Waals surface area contributed by atoms with Crippen molar-refractivity contribution in [2.75, 3.05) is 0 Å². The molecule has 0 bridgehead atoms. The van der Waals surface area contributed by atoms with E-state index in [1.165, 1.54) is 173 Å². The molecule has 0 amide bonds. The van der Waals surface area contributed by atoms with Crippen molar-refractivity contribution in [2.24, 2.45) is 0 Å². The molecule has 16 aromatic carbocycles. The van der Waals surface area contributed by atoms with Crippen molar-refractivity contribution in [2.45, 2.75) is 0 Å². The van der Waals surface area contributed by atoms with Gasteiger partial charge in [0.15, 0.2) is 0 Å². The number of benzene rings is 16. The maximum Gasteiger partial charge on any atom is 0.0355 e. The van der Waals surface area contributed by atoms with Crippen molar-refractivity contribution in [1.82, 2.24) is 0 Å². The zero-order valence-electron chi connectivity index (χ0n) is 44.1. The van der Waals surface area contributed by atoms with Crippen LogP contribution < -0.4 is 0 Å². The fraction of sp³-hybridized carbons (Fsp3) is 0. The minimum absolute atomic E-state index is 1.20. The molecule has 0 atom stereocenters. The minimum Gasteiger partial charge on any atom is -0.135 e. The number of rotatable bonds is 6. The summed E-state index contributed by atoms with van der Waals surface area (Å²) in [4.78, 5) is 0. The molecular weight excluding hydrogens is 993 g/mol. The maximum atomic E-state index is 2.47. The third-order valence-electron chi connectivity index (χ3n) is 17.3. The molecule has 1 heterocycles. The van der Waals surface area contributed by atoms with Gasteiger partial charge in [0.25, 0.3) is 0 Å². The first kappa shape index (κ1) is 45.8. The number of hydrogen-bond acceptors (Lipinski definition) is 1. The number of hydrogen-bond donors (Lipinski definition) is 0. The average Bonchev–Trinajstić information content (AvgIpc) is 3.97. The first-order valence-corrected chi connectivity index (χ1v) is 28.8. The van der Waals surface area contributed by atoms with E-state index in [1.54, 1.807) is 0 Å². The Labute approximate surface area is 472 Å². The van der Waals surface area contributed by atoms with Gasteiger partial charge in [-0.25, -0.2) is 0 Å². The Morgan fingerprint density at radius 1 is 0.148 bits per heavy atom. The van der Waals surface area contributed by atoms with Gasteiger partial charge in [-0.15, -0.1) is 11.3 Å². The molecule has 1 heteroatoms. The zero-order valence-corrected chi connectivity index (χ0v) is 44.9. The van der Waals surface area contributed by atoms with Crippen LogP contribution in [-0.2, 0) is 0 Å². The molecule has 81 heavy (non-hydrogen) atoms. The summed E-state index contributed by atoms with van der Waals surface area (Å²) < 4.78 is 2.58. The highest BCUT2D eigenvalue weighted by Gasteiger charge is 2.21. The Morgan fingerprint density at radius 3 is 0.704 bits per heavy atom. The minimum atomic E-state index is 1.20. The molecule has 17 aromatic rings. The Bertz CT molecular complexity index is 5140. The van der Waals surface area contributed by atoms with Crippen LogP contribution in [0, 0.1) is 0 Å². The standard InChI is InChI=1S/C80H48S/c1-5-17-53-41-61(29-25-49(53)13-1)77-65-21-9-11-23-67(65)79(63-31-27-51-15-3-7-19-55(51)43-63)73-47-57(33-37-69(73)77)59-35-39-75-71(45-59)72-46-60(36-40-76(72)81-75)58-34-38-70-74(48-58)80(64-32-28-52-16-4-8-20-56(52)44-64)68-24-12-10-22-66(68)78(70)62-30-26-50-14-2-6-18-54(50)42-62/h1-48H. The molecule has 374 valence electrons. The second-order valence-electron chi connectivity index (χ2n) is 21.9. The van der Waals surface area contributed by atoms with Crippen LogP contribution in [0.2, 0.25) is 0 Å². The lowest BCUT2D eigenvalue weighted by Crippen LogP contribution is -1.92. The van der Waals surface area contributed by atoms with Gasteiger partial charge in [0.2, 0.25) is 0 Å². The van der Waals surface area contributed by atoms with Gasteiger partial charge >= 0.3 is 0 Å². The summed E-state index contributed by atoms with van der Waals surface area (Å²) in [5.74, 6) is 0. The van der Waals surface area contributed by atoms with Gasteiger partial charge in [0.05, 0.1) is 0 Å². The summed E-state index contributed by atoms with van der Waals surface area (Å²) in [6.45, 7) is 0. The molecule has 0 aliphatic carbocycles. The maximum absolute atomic E-state index is 2.47. The molecule has 0 saturated heterocycles. The van der Waals surface area contributed by atoms with Crippen molar-refractivity contribution >= 4 is 118 Å². The van der Waals surface area contributed by atoms with Gasteiger partial charge in [-0.3, -0.25) is 0 Å². The highest BCUT2D eigenvalue weighted by Crippen LogP contribution is 2.49. The third-order valence-corrected chi connectivity index (χ3v) is 18.5. The van der Waals surface area contributed by atoms with E-state index in [0.717, 1.165) is 0 Å². The van der Waals surface area contributed by atoms with Gasteiger partial charge in [0.1, 0.15) is 0 Å². The van der Waals surface area contributed by atoms with E-state index in [-0.39, 0.29) is 0 Å². The van der Waals surface area contributed by atoms with E-state index in [2.05, 4.69) is 291 Å². The third kappa shape index (κ3) is 7.44. The fourth-order valence-corrected chi connectivity index (χ4v) is 14.5. The molecule has 0 radical (unpaired) electrons. The molecule has 0 N–H and O–H groups in total. The smallest absolute Gasteiger partial charge is 0.0355 e. The van der Waals surface area contributed by atoms with Gasteiger partial charge < -0.3 is 0 Å². The van der Waals surface area contributed by atoms with Crippen LogP contribution in [0.4, 0.5) is 0 Å². The van der Waals surface area contributed by atoms with E-state index < -0.39 is 0 Å². The fourth-order valence-electron chi connectivity index (χ4n) is 13.5. The topological polar surface area (TPSA) is 0 Å². The molecule has 0 unspecified atom stereocenters. The SMILES string of the molecule is c1ccc2cc(-c3c4ccccc4c(-c4ccc5ccccc5c4)c4cc(-c5ccc6sc7ccc(-c8ccc9c(-c%10ccc%11ccccc%11c%10)c%10ccccc%10c(-c%10ccc%11ccccc%11c%10)c9c8)cc7c6c5)ccc34)ccc2c1. The Hall–Kier alpha value is -10.2. The first-order chi connectivity index (χ1) is 40.1. The molecule has 0 spiro atoms. The Balaban J connectivity index is 0.853. The lowest BCUT2D eigenvalue weighted by molar-refractivity contribution is 1.66. The van der Waals surface area contributed by atoms with Crippen LogP contribution in [-0.4, -0.2) is 0 Å². The van der Waals surface area contributed by atoms with E-state index in [1.807, 2.05) is 11.3 Å². The summed E-state index contributed by atoms with van der Waals surface area (Å²) >= 11 is 1.88. The summed E-state index contributed by atoms with van der Waals surface area (Å²) in [5, 5.41) is 22.5. The predicted molar refractivity (Wildman–Crippen MR) is 352 cm³/mol. The van der Waals surface area contributed by atoms with E-state index in [0.29, 0.717) is 0 Å². The van der Waals surface area contributed by atoms with Gasteiger partial charge in [-0.05, 0) is 214 Å². The highest BCUT2D eigenvalue weighted by atomic mass is 32.1. The van der Waals surface area contributed by atoms with E-state index in [9.17, 15) is 0 Å². The molecule has 0 nitrogen and oxygen atoms in total. The van der Waals surface area contributed by atoms with E-state index in [4.69, 9.17) is 0 Å². The predicted octanol–water partition coefficient (Wildman–Crippen LogP) is 23.3. The molecule has 0 aliphatic heterocycles. The van der Waals surface area contributed by atoms with E-state index >= 15 is 0 Å². The van der Waals surface area contributed by atoms with Crippen molar-refractivity contribution in [3.63, 3.8) is 0 Å². The average molecular weight is 1040 g/mol. The zero-order chi connectivity index (χ0) is 53.1. The second-order valence-corrected chi connectivity index (χ2v) is 23.0. The molecule has 0 saturated carbocycles. The normalized spacial score (nSPS) is 12.0. The Morgan fingerprint density at radius 2 is 0.383 bits per heavy atom. The van der Waals surface area contributed by atoms with Crippen LogP contribution >= 0.6 is 11.3 Å². The number of fused-ring (bicyclic) bond motifs is 11. The Kier molecular flexibility index (Phi) is 10.3. The molecular formula is C80H48S. The van der Waals surface area contributed by atoms with Crippen LogP contribution in [0.25, 0.3) is 173 Å². The lowest BCUT2D eigenvalue weighted by Gasteiger charge is -2.19. The summed E-state index contributed by atoms with van der Waals surface area (Å²) in [7, 11) is 0. The van der Waals surface area contributed by atoms with Crippen molar-refractivity contribution in [1.29, 1.82) is 0 Å². The molecule has 0 aliphatic rings. The highest BCUT2D eigenvalue weighted by molar-refractivity contribution is 7.25. The van der Waals surface area contributed by atoms with Crippen LogP contribution in [0.5, 0.6) is 0 Å². The number of thiophene rings is 1. The summed E-state index contributed by atoms with van der Waals surface area (Å²) in [5.41, 5.74) is 14.8. The van der Waals surface area contributed by atoms with Crippen LogP contribution in [0.15, 0.2) is 291 Å². The van der Waals surface area contributed by atoms with Crippen molar-refractivity contribution < 1.29 is 0 Å². The van der Waals surface area contributed by atoms with Crippen LogP contribution in [0.3, 0.4) is 0 Å². The largest absolute Gasteiger partial charge is 0.135 e. The first-order valence-electron chi connectivity index (χ1n) is 28.0. The van der Waals surface area contributed by atoms with Gasteiger partial charge in [-0.1, -0.05) is 231 Å². The summed E-state index contributed by atoms with van der Waals surface area (Å²) in [6.07, 6.45) is 0. The molecule has 0 fully saturated rings. The van der Waals surface area contributed by atoms with Crippen LogP contribution in [0.1, 0.15) is 0 Å². The van der Waals surface area contributed by atoms with Crippen molar-refractivity contribution in [3.05, 3.63) is 291 Å². The molecule has 17 rings (SSSR count). The van der Waals surface area contributed by atoms with Gasteiger partial charge in [-0.2, -0.15) is 0 Å². The monoisotopic (exact) mass is 1040 g/mol.